The van der Waals surface area contributed by atoms with E-state index in [1.165, 1.54) is 3.57 Å². The fourth-order valence-corrected chi connectivity index (χ4v) is 2.60. The molecule has 0 amide bonds. The summed E-state index contributed by atoms with van der Waals surface area (Å²) >= 11 is 2.34. The number of piperazine rings is 1. The van der Waals surface area contributed by atoms with Gasteiger partial charge >= 0.3 is 0 Å². The normalized spacial score (nSPS) is 27.1. The van der Waals surface area contributed by atoms with Crippen LogP contribution in [0.25, 0.3) is 0 Å². The minimum absolute atomic E-state index is 0.586. The van der Waals surface area contributed by atoms with Gasteiger partial charge < -0.3 is 4.90 Å². The second-order valence-corrected chi connectivity index (χ2v) is 5.85. The molecule has 0 saturated carbocycles. The number of hydrogen-bond acceptors (Lipinski definition) is 3. The van der Waals surface area contributed by atoms with E-state index in [0.29, 0.717) is 12.1 Å². The monoisotopic (exact) mass is 331 g/mol. The van der Waals surface area contributed by atoms with Gasteiger partial charge in [-0.2, -0.15) is 0 Å². The molecule has 1 aliphatic rings. The number of rotatable bonds is 1. The lowest BCUT2D eigenvalue weighted by atomic mass is 10.1. The Morgan fingerprint density at radius 3 is 2.50 bits per heavy atom. The van der Waals surface area contributed by atoms with Crippen LogP contribution in [0.2, 0.25) is 0 Å². The van der Waals surface area contributed by atoms with Crippen LogP contribution in [0.3, 0.4) is 0 Å². The fourth-order valence-electron chi connectivity index (χ4n) is 2.16. The Bertz CT molecular complexity index is 357. The largest absolute Gasteiger partial charge is 0.353 e. The van der Waals surface area contributed by atoms with Crippen molar-refractivity contribution >= 4 is 28.4 Å². The lowest BCUT2D eigenvalue weighted by Crippen LogP contribution is -2.55. The third-order valence-electron chi connectivity index (χ3n) is 3.39. The maximum Gasteiger partial charge on any atom is 0.129 e. The van der Waals surface area contributed by atoms with Gasteiger partial charge in [-0.05, 0) is 55.6 Å². The van der Waals surface area contributed by atoms with Crippen molar-refractivity contribution < 1.29 is 0 Å². The first kappa shape index (κ1) is 12.1. The average molecular weight is 331 g/mol. The summed E-state index contributed by atoms with van der Waals surface area (Å²) < 4.78 is 1.25. The topological polar surface area (TPSA) is 19.4 Å². The number of nitrogens with zero attached hydrogens (tertiary/aromatic N) is 3. The van der Waals surface area contributed by atoms with Crippen LogP contribution in [0.15, 0.2) is 18.3 Å². The molecule has 0 aromatic carbocycles. The number of likely N-dealkylation sites (N-methyl/N-ethyl adjacent to an activating group) is 1. The smallest absolute Gasteiger partial charge is 0.129 e. The highest BCUT2D eigenvalue weighted by atomic mass is 127. The molecule has 16 heavy (non-hydrogen) atoms. The summed E-state index contributed by atoms with van der Waals surface area (Å²) in [5.74, 6) is 1.11. The molecule has 2 rings (SSSR count). The van der Waals surface area contributed by atoms with E-state index in [2.05, 4.69) is 64.3 Å². The first-order valence-corrected chi connectivity index (χ1v) is 6.74. The van der Waals surface area contributed by atoms with Crippen LogP contribution in [0.4, 0.5) is 5.82 Å². The lowest BCUT2D eigenvalue weighted by molar-refractivity contribution is 0.169. The zero-order valence-electron chi connectivity index (χ0n) is 10.0. The van der Waals surface area contributed by atoms with Gasteiger partial charge in [-0.1, -0.05) is 0 Å². The van der Waals surface area contributed by atoms with Crippen molar-refractivity contribution in [3.63, 3.8) is 0 Å². The first-order valence-electron chi connectivity index (χ1n) is 5.66. The number of hydrogen-bond donors (Lipinski definition) is 0. The lowest BCUT2D eigenvalue weighted by Gasteiger charge is -2.43. The molecule has 0 spiro atoms. The Morgan fingerprint density at radius 2 is 1.94 bits per heavy atom. The van der Waals surface area contributed by atoms with Gasteiger partial charge in [-0.15, -0.1) is 0 Å². The van der Waals surface area contributed by atoms with Crippen molar-refractivity contribution in [3.8, 4) is 0 Å². The Hall–Kier alpha value is -0.360. The van der Waals surface area contributed by atoms with Crippen molar-refractivity contribution in [1.29, 1.82) is 0 Å². The quantitative estimate of drug-likeness (QED) is 0.736. The maximum atomic E-state index is 4.46. The van der Waals surface area contributed by atoms with Gasteiger partial charge in [-0.3, -0.25) is 4.90 Å². The van der Waals surface area contributed by atoms with E-state index in [1.807, 2.05) is 12.3 Å². The summed E-state index contributed by atoms with van der Waals surface area (Å²) in [7, 11) is 2.20. The zero-order chi connectivity index (χ0) is 11.7. The van der Waals surface area contributed by atoms with Crippen LogP contribution in [0.5, 0.6) is 0 Å². The molecule has 0 unspecified atom stereocenters. The molecule has 1 aromatic rings. The van der Waals surface area contributed by atoms with Crippen molar-refractivity contribution in [2.75, 3.05) is 25.0 Å². The van der Waals surface area contributed by atoms with E-state index in [9.17, 15) is 0 Å². The van der Waals surface area contributed by atoms with Gasteiger partial charge in [0.05, 0.1) is 0 Å². The number of aromatic nitrogens is 1. The minimum atomic E-state index is 0.586. The van der Waals surface area contributed by atoms with E-state index >= 15 is 0 Å². The number of pyridine rings is 1. The van der Waals surface area contributed by atoms with Gasteiger partial charge in [0.1, 0.15) is 5.82 Å². The molecule has 0 radical (unpaired) electrons. The second kappa shape index (κ2) is 4.87. The van der Waals surface area contributed by atoms with Gasteiger partial charge in [-0.25, -0.2) is 4.98 Å². The Morgan fingerprint density at radius 1 is 1.31 bits per heavy atom. The summed E-state index contributed by atoms with van der Waals surface area (Å²) in [5.41, 5.74) is 0. The molecule has 4 heteroatoms. The van der Waals surface area contributed by atoms with Crippen LogP contribution in [-0.2, 0) is 0 Å². The molecule has 88 valence electrons. The molecule has 2 heterocycles. The van der Waals surface area contributed by atoms with E-state index in [0.717, 1.165) is 18.9 Å². The zero-order valence-corrected chi connectivity index (χ0v) is 12.2. The first-order chi connectivity index (χ1) is 7.58. The SMILES string of the molecule is C[C@@H]1CN(c2cc(I)ccn2)C[C@H](C)N1C. The van der Waals surface area contributed by atoms with E-state index in [4.69, 9.17) is 0 Å². The predicted molar refractivity (Wildman–Crippen MR) is 75.9 cm³/mol. The molecular formula is C12H18IN3. The van der Waals surface area contributed by atoms with Crippen LogP contribution < -0.4 is 4.90 Å². The standard InChI is InChI=1S/C12H18IN3/c1-9-7-16(8-10(2)15(9)3)12-6-11(13)4-5-14-12/h4-6,9-10H,7-8H2,1-3H3/t9-,10+. The molecule has 2 atom stereocenters. The highest BCUT2D eigenvalue weighted by molar-refractivity contribution is 14.1. The molecular weight excluding hydrogens is 313 g/mol. The molecule has 1 fully saturated rings. The molecule has 1 saturated heterocycles. The van der Waals surface area contributed by atoms with E-state index < -0.39 is 0 Å². The van der Waals surface area contributed by atoms with Crippen molar-refractivity contribution in [2.24, 2.45) is 0 Å². The van der Waals surface area contributed by atoms with Crippen molar-refractivity contribution in [2.45, 2.75) is 25.9 Å². The molecule has 1 aliphatic heterocycles. The van der Waals surface area contributed by atoms with Crippen LogP contribution in [0.1, 0.15) is 13.8 Å². The predicted octanol–water partition coefficient (Wildman–Crippen LogP) is 2.21. The van der Waals surface area contributed by atoms with Crippen LogP contribution in [0, 0.1) is 3.57 Å². The number of anilines is 1. The molecule has 0 N–H and O–H groups in total. The minimum Gasteiger partial charge on any atom is -0.353 e. The summed E-state index contributed by atoms with van der Waals surface area (Å²) in [4.78, 5) is 9.28. The number of halogens is 1. The van der Waals surface area contributed by atoms with E-state index in [1.54, 1.807) is 0 Å². The van der Waals surface area contributed by atoms with Gasteiger partial charge in [0.15, 0.2) is 0 Å². The van der Waals surface area contributed by atoms with Gasteiger partial charge in [0.2, 0.25) is 0 Å². The third kappa shape index (κ3) is 2.48. The summed E-state index contributed by atoms with van der Waals surface area (Å²) in [5, 5.41) is 0. The highest BCUT2D eigenvalue weighted by Crippen LogP contribution is 2.20. The fraction of sp³-hybridized carbons (Fsp3) is 0.583. The summed E-state index contributed by atoms with van der Waals surface area (Å²) in [6.07, 6.45) is 1.89. The maximum absolute atomic E-state index is 4.46. The van der Waals surface area contributed by atoms with Crippen LogP contribution >= 0.6 is 22.6 Å². The Kier molecular flexibility index (Phi) is 3.69. The van der Waals surface area contributed by atoms with Crippen molar-refractivity contribution in [3.05, 3.63) is 21.9 Å². The van der Waals surface area contributed by atoms with Gasteiger partial charge in [0, 0.05) is 34.9 Å². The average Bonchev–Trinajstić information content (AvgIpc) is 2.25. The molecule has 0 bridgehead atoms. The van der Waals surface area contributed by atoms with Gasteiger partial charge in [0.25, 0.3) is 0 Å². The van der Waals surface area contributed by atoms with Crippen LogP contribution in [-0.4, -0.2) is 42.1 Å². The Balaban J connectivity index is 2.17. The molecule has 3 nitrogen and oxygen atoms in total. The van der Waals surface area contributed by atoms with E-state index in [-0.39, 0.29) is 0 Å². The highest BCUT2D eigenvalue weighted by Gasteiger charge is 2.26. The summed E-state index contributed by atoms with van der Waals surface area (Å²) in [6, 6.07) is 5.37. The third-order valence-corrected chi connectivity index (χ3v) is 4.06. The molecule has 1 aromatic heterocycles. The Labute approximate surface area is 111 Å². The summed E-state index contributed by atoms with van der Waals surface area (Å²) in [6.45, 7) is 6.68. The molecule has 0 aliphatic carbocycles. The van der Waals surface area contributed by atoms with Crippen molar-refractivity contribution in [1.82, 2.24) is 9.88 Å². The second-order valence-electron chi connectivity index (χ2n) is 4.60.